The lowest BCUT2D eigenvalue weighted by Gasteiger charge is -2.27. The molecular formula is C23H28FN2O2. The predicted molar refractivity (Wildman–Crippen MR) is 110 cm³/mol. The average molecular weight is 383 g/mol. The van der Waals surface area contributed by atoms with Crippen LogP contribution in [0.2, 0.25) is 0 Å². The van der Waals surface area contributed by atoms with Gasteiger partial charge in [0.25, 0.3) is 0 Å². The minimum absolute atomic E-state index is 0.0945. The molecule has 0 aliphatic carbocycles. The van der Waals surface area contributed by atoms with E-state index in [1.54, 1.807) is 6.07 Å². The highest BCUT2D eigenvalue weighted by Crippen LogP contribution is 2.26. The van der Waals surface area contributed by atoms with Crippen LogP contribution in [0.1, 0.15) is 53.7 Å². The van der Waals surface area contributed by atoms with Gasteiger partial charge in [0.15, 0.2) is 6.29 Å². The van der Waals surface area contributed by atoms with E-state index in [-0.39, 0.29) is 5.56 Å². The molecule has 149 valence electrons. The Morgan fingerprint density at radius 2 is 1.89 bits per heavy atom. The molecule has 0 atom stereocenters. The van der Waals surface area contributed by atoms with Gasteiger partial charge in [-0.1, -0.05) is 26.0 Å². The first-order chi connectivity index (χ1) is 13.5. The second kappa shape index (κ2) is 9.30. The maximum absolute atomic E-state index is 14.8. The van der Waals surface area contributed by atoms with E-state index in [1.807, 2.05) is 25.1 Å². The normalized spacial score (nSPS) is 15.2. The number of hydrogen-bond acceptors (Lipinski definition) is 4. The third-order valence-electron chi connectivity index (χ3n) is 5.11. The van der Waals surface area contributed by atoms with Crippen molar-refractivity contribution in [2.45, 2.75) is 33.2 Å². The number of anilines is 1. The van der Waals surface area contributed by atoms with Gasteiger partial charge in [-0.25, -0.2) is 4.39 Å². The summed E-state index contributed by atoms with van der Waals surface area (Å²) in [5, 5.41) is 3.27. The maximum Gasteiger partial charge on any atom is 0.153 e. The maximum atomic E-state index is 14.8. The molecule has 0 bridgehead atoms. The first-order valence-electron chi connectivity index (χ1n) is 9.76. The summed E-state index contributed by atoms with van der Waals surface area (Å²) >= 11 is 0. The number of ether oxygens (including phenoxy) is 1. The second-order valence-corrected chi connectivity index (χ2v) is 7.58. The summed E-state index contributed by atoms with van der Waals surface area (Å²) in [5.41, 5.74) is 3.60. The van der Waals surface area contributed by atoms with Crippen LogP contribution in [0.15, 0.2) is 36.4 Å². The molecule has 1 N–H and O–H groups in total. The highest BCUT2D eigenvalue weighted by Gasteiger charge is 2.19. The van der Waals surface area contributed by atoms with Crippen LogP contribution in [0.3, 0.4) is 0 Å². The molecule has 1 saturated heterocycles. The van der Waals surface area contributed by atoms with Gasteiger partial charge in [-0.05, 0) is 48.2 Å². The van der Waals surface area contributed by atoms with Crippen molar-refractivity contribution in [1.82, 2.24) is 4.90 Å². The van der Waals surface area contributed by atoms with Crippen LogP contribution in [-0.4, -0.2) is 37.5 Å². The van der Waals surface area contributed by atoms with Crippen molar-refractivity contribution in [3.05, 3.63) is 70.5 Å². The molecule has 4 nitrogen and oxygen atoms in total. The molecule has 28 heavy (non-hydrogen) atoms. The van der Waals surface area contributed by atoms with Crippen LogP contribution < -0.4 is 5.32 Å². The zero-order valence-electron chi connectivity index (χ0n) is 16.8. The quantitative estimate of drug-likeness (QED) is 0.709. The van der Waals surface area contributed by atoms with Crippen molar-refractivity contribution in [3.8, 4) is 0 Å². The number of hydrogen-bond donors (Lipinski definition) is 1. The van der Waals surface area contributed by atoms with Gasteiger partial charge >= 0.3 is 0 Å². The molecule has 0 amide bonds. The Morgan fingerprint density at radius 1 is 1.21 bits per heavy atom. The first-order valence-corrected chi connectivity index (χ1v) is 9.76. The number of morpholine rings is 1. The van der Waals surface area contributed by atoms with Gasteiger partial charge in [0.2, 0.25) is 0 Å². The Morgan fingerprint density at radius 3 is 2.50 bits per heavy atom. The minimum Gasteiger partial charge on any atom is -0.379 e. The Kier molecular flexibility index (Phi) is 6.81. The lowest BCUT2D eigenvalue weighted by atomic mass is 9.99. The SMILES string of the molecule is C[C](Nc1ccc(C(C)C)cc1)c1cc(CN2CCOCC2)cc(C=O)c1F. The van der Waals surface area contributed by atoms with Gasteiger partial charge < -0.3 is 10.1 Å². The molecule has 2 aromatic rings. The number of nitrogens with one attached hydrogen (secondary N) is 1. The van der Waals surface area contributed by atoms with Crippen molar-refractivity contribution < 1.29 is 13.9 Å². The van der Waals surface area contributed by atoms with E-state index in [2.05, 4.69) is 36.2 Å². The molecule has 0 aromatic heterocycles. The largest absolute Gasteiger partial charge is 0.379 e. The highest BCUT2D eigenvalue weighted by molar-refractivity contribution is 5.76. The number of aldehydes is 1. The van der Waals surface area contributed by atoms with E-state index >= 15 is 0 Å². The summed E-state index contributed by atoms with van der Waals surface area (Å²) in [6.45, 7) is 9.89. The molecule has 5 heteroatoms. The van der Waals surface area contributed by atoms with Crippen LogP contribution in [0.5, 0.6) is 0 Å². The smallest absolute Gasteiger partial charge is 0.153 e. The van der Waals surface area contributed by atoms with Gasteiger partial charge in [-0.2, -0.15) is 0 Å². The number of carbonyl (C=O) groups is 1. The lowest BCUT2D eigenvalue weighted by molar-refractivity contribution is 0.0341. The molecule has 0 spiro atoms. The standard InChI is InChI=1S/C23H28FN2O2/c1-16(2)19-4-6-21(7-5-19)25-17(3)22-13-18(12-20(15-27)23(22)24)14-26-8-10-28-11-9-26/h4-7,12-13,15-16,25H,8-11,14H2,1-3H3. The summed E-state index contributed by atoms with van der Waals surface area (Å²) in [4.78, 5) is 13.7. The number of benzene rings is 2. The monoisotopic (exact) mass is 383 g/mol. The predicted octanol–water partition coefficient (Wildman–Crippen LogP) is 4.61. The van der Waals surface area contributed by atoms with Crippen molar-refractivity contribution >= 4 is 12.0 Å². The molecule has 1 aliphatic rings. The summed E-state index contributed by atoms with van der Waals surface area (Å²) in [6, 6.07) is 12.3. The van der Waals surface area contributed by atoms with E-state index in [1.165, 1.54) is 5.56 Å². The number of halogens is 1. The molecule has 1 aliphatic heterocycles. The zero-order chi connectivity index (χ0) is 20.1. The highest BCUT2D eigenvalue weighted by atomic mass is 19.1. The van der Waals surface area contributed by atoms with Crippen molar-refractivity contribution in [2.24, 2.45) is 0 Å². The fraction of sp³-hybridized carbons (Fsp3) is 0.391. The molecule has 0 unspecified atom stereocenters. The molecular weight excluding hydrogens is 355 g/mol. The zero-order valence-corrected chi connectivity index (χ0v) is 16.8. The van der Waals surface area contributed by atoms with Gasteiger partial charge in [-0.15, -0.1) is 0 Å². The first kappa shape index (κ1) is 20.5. The number of rotatable bonds is 7. The van der Waals surface area contributed by atoms with Crippen molar-refractivity contribution in [1.29, 1.82) is 0 Å². The summed E-state index contributed by atoms with van der Waals surface area (Å²) in [7, 11) is 0. The molecule has 2 aromatic carbocycles. The lowest BCUT2D eigenvalue weighted by Crippen LogP contribution is -2.35. The van der Waals surface area contributed by atoms with E-state index in [4.69, 9.17) is 4.74 Å². The van der Waals surface area contributed by atoms with E-state index in [9.17, 15) is 9.18 Å². The van der Waals surface area contributed by atoms with Gasteiger partial charge in [0, 0.05) is 30.9 Å². The Balaban J connectivity index is 1.80. The number of nitrogens with zero attached hydrogens (tertiary/aromatic N) is 1. The Bertz CT molecular complexity index is 799. The fourth-order valence-corrected chi connectivity index (χ4v) is 3.41. The van der Waals surface area contributed by atoms with Crippen LogP contribution in [-0.2, 0) is 11.3 Å². The van der Waals surface area contributed by atoms with Crippen LogP contribution in [0.25, 0.3) is 0 Å². The van der Waals surface area contributed by atoms with E-state index in [0.29, 0.717) is 43.6 Å². The molecule has 0 saturated carbocycles. The van der Waals surface area contributed by atoms with E-state index in [0.717, 1.165) is 24.3 Å². The molecule has 1 fully saturated rings. The Labute approximate surface area is 166 Å². The van der Waals surface area contributed by atoms with E-state index < -0.39 is 5.82 Å². The van der Waals surface area contributed by atoms with Gasteiger partial charge in [0.1, 0.15) is 5.82 Å². The van der Waals surface area contributed by atoms with Crippen molar-refractivity contribution in [2.75, 3.05) is 31.6 Å². The third kappa shape index (κ3) is 4.97. The van der Waals surface area contributed by atoms with Crippen LogP contribution >= 0.6 is 0 Å². The molecule has 3 rings (SSSR count). The molecule has 1 radical (unpaired) electrons. The third-order valence-corrected chi connectivity index (χ3v) is 5.11. The van der Waals surface area contributed by atoms with Crippen molar-refractivity contribution in [3.63, 3.8) is 0 Å². The Hall–Kier alpha value is -2.24. The topological polar surface area (TPSA) is 41.6 Å². The van der Waals surface area contributed by atoms with Gasteiger partial charge in [0.05, 0.1) is 24.8 Å². The number of carbonyl (C=O) groups excluding carboxylic acids is 1. The van der Waals surface area contributed by atoms with Crippen LogP contribution in [0, 0.1) is 11.9 Å². The summed E-state index contributed by atoms with van der Waals surface area (Å²) in [5.74, 6) is -0.0203. The van der Waals surface area contributed by atoms with Gasteiger partial charge in [-0.3, -0.25) is 9.69 Å². The second-order valence-electron chi connectivity index (χ2n) is 7.58. The minimum atomic E-state index is -0.482. The summed E-state index contributed by atoms with van der Waals surface area (Å²) < 4.78 is 20.2. The average Bonchev–Trinajstić information content (AvgIpc) is 2.70. The fourth-order valence-electron chi connectivity index (χ4n) is 3.41. The summed E-state index contributed by atoms with van der Waals surface area (Å²) in [6.07, 6.45) is 0.590. The molecule has 1 heterocycles. The van der Waals surface area contributed by atoms with Crippen LogP contribution in [0.4, 0.5) is 10.1 Å².